The number of carbonyl (C=O) groups is 3. The summed E-state index contributed by atoms with van der Waals surface area (Å²) >= 11 is 0. The first kappa shape index (κ1) is 15.3. The Morgan fingerprint density at radius 3 is 2.35 bits per heavy atom. The third-order valence-corrected chi connectivity index (χ3v) is 2.12. The topological polar surface area (TPSA) is 87.3 Å². The Morgan fingerprint density at radius 2 is 1.88 bits per heavy atom. The van der Waals surface area contributed by atoms with E-state index in [0.29, 0.717) is 19.3 Å². The Kier molecular flexibility index (Phi) is 7.66. The van der Waals surface area contributed by atoms with E-state index < -0.39 is 12.2 Å². The standard InChI is InChI=1S/C10H18FN3O3/c1-7(15)14-8(9(16)12-2)5-3-4-6-13-10(11)17/h8H,3-6H2,1-2H3,(H,12,16)(H,13,17)(H,14,15). The van der Waals surface area contributed by atoms with Crippen LogP contribution in [0, 0.1) is 0 Å². The van der Waals surface area contributed by atoms with Gasteiger partial charge in [0.1, 0.15) is 6.04 Å². The van der Waals surface area contributed by atoms with E-state index in [4.69, 9.17) is 0 Å². The molecule has 0 aromatic rings. The summed E-state index contributed by atoms with van der Waals surface area (Å²) in [6.07, 6.45) is 0.0257. The summed E-state index contributed by atoms with van der Waals surface area (Å²) in [7, 11) is 1.49. The fourth-order valence-electron chi connectivity index (χ4n) is 1.35. The number of halogens is 1. The molecule has 0 aromatic heterocycles. The fourth-order valence-corrected chi connectivity index (χ4v) is 1.35. The minimum Gasteiger partial charge on any atom is -0.357 e. The van der Waals surface area contributed by atoms with Gasteiger partial charge in [-0.2, -0.15) is 0 Å². The molecule has 0 aliphatic carbocycles. The minimum absolute atomic E-state index is 0.218. The van der Waals surface area contributed by atoms with Crippen LogP contribution in [0.25, 0.3) is 0 Å². The molecule has 0 radical (unpaired) electrons. The molecule has 6 nitrogen and oxygen atoms in total. The third-order valence-electron chi connectivity index (χ3n) is 2.12. The van der Waals surface area contributed by atoms with Crippen molar-refractivity contribution in [1.82, 2.24) is 16.0 Å². The van der Waals surface area contributed by atoms with Gasteiger partial charge in [0.2, 0.25) is 11.8 Å². The Bertz CT molecular complexity index is 284. The van der Waals surface area contributed by atoms with Gasteiger partial charge in [-0.3, -0.25) is 9.59 Å². The molecule has 0 fully saturated rings. The molecule has 17 heavy (non-hydrogen) atoms. The lowest BCUT2D eigenvalue weighted by Gasteiger charge is -2.15. The van der Waals surface area contributed by atoms with Gasteiger partial charge in [-0.15, -0.1) is 4.39 Å². The highest BCUT2D eigenvalue weighted by molar-refractivity contribution is 5.86. The molecule has 0 heterocycles. The summed E-state index contributed by atoms with van der Waals surface area (Å²) in [5, 5.41) is 6.97. The van der Waals surface area contributed by atoms with Crippen LogP contribution in [-0.2, 0) is 9.59 Å². The average Bonchev–Trinajstić information content (AvgIpc) is 2.25. The van der Waals surface area contributed by atoms with Crippen molar-refractivity contribution >= 4 is 18.0 Å². The Balaban J connectivity index is 3.87. The van der Waals surface area contributed by atoms with Crippen LogP contribution in [0.5, 0.6) is 0 Å². The van der Waals surface area contributed by atoms with Gasteiger partial charge >= 0.3 is 6.16 Å². The molecule has 0 aromatic carbocycles. The van der Waals surface area contributed by atoms with Crippen LogP contribution in [0.1, 0.15) is 26.2 Å². The molecule has 0 saturated heterocycles. The monoisotopic (exact) mass is 247 g/mol. The molecule has 0 rings (SSSR count). The van der Waals surface area contributed by atoms with Crippen LogP contribution in [0.3, 0.4) is 0 Å². The number of hydrogen-bond acceptors (Lipinski definition) is 3. The molecule has 0 aliphatic rings. The first-order chi connectivity index (χ1) is 7.97. The van der Waals surface area contributed by atoms with E-state index in [0.717, 1.165) is 0 Å². The molecule has 0 saturated carbocycles. The zero-order valence-electron chi connectivity index (χ0n) is 10.0. The molecular formula is C10H18FN3O3. The van der Waals surface area contributed by atoms with E-state index in [-0.39, 0.29) is 18.4 Å². The van der Waals surface area contributed by atoms with Gasteiger partial charge in [-0.05, 0) is 19.3 Å². The van der Waals surface area contributed by atoms with Crippen LogP contribution in [0.2, 0.25) is 0 Å². The fraction of sp³-hybridized carbons (Fsp3) is 0.700. The number of rotatable bonds is 7. The SMILES string of the molecule is CNC(=O)C(CCCCNC(=O)F)NC(C)=O. The van der Waals surface area contributed by atoms with E-state index in [9.17, 15) is 18.8 Å². The second-order valence-corrected chi connectivity index (χ2v) is 3.56. The highest BCUT2D eigenvalue weighted by atomic mass is 19.1. The largest absolute Gasteiger partial charge is 0.397 e. The summed E-state index contributed by atoms with van der Waals surface area (Å²) in [5.74, 6) is -0.551. The number of hydrogen-bond donors (Lipinski definition) is 3. The normalized spacial score (nSPS) is 11.5. The lowest BCUT2D eigenvalue weighted by Crippen LogP contribution is -2.44. The third kappa shape index (κ3) is 8.18. The number of nitrogens with one attached hydrogen (secondary N) is 3. The van der Waals surface area contributed by atoms with Crippen molar-refractivity contribution in [3.8, 4) is 0 Å². The van der Waals surface area contributed by atoms with Gasteiger partial charge in [0, 0.05) is 20.5 Å². The molecule has 3 N–H and O–H groups in total. The van der Waals surface area contributed by atoms with Crippen molar-refractivity contribution in [2.45, 2.75) is 32.2 Å². The van der Waals surface area contributed by atoms with Crippen molar-refractivity contribution < 1.29 is 18.8 Å². The zero-order chi connectivity index (χ0) is 13.3. The summed E-state index contributed by atoms with van der Waals surface area (Å²) in [5.41, 5.74) is 0. The van der Waals surface area contributed by atoms with Gasteiger partial charge < -0.3 is 16.0 Å². The van der Waals surface area contributed by atoms with Gasteiger partial charge in [-0.1, -0.05) is 0 Å². The van der Waals surface area contributed by atoms with Gasteiger partial charge in [0.15, 0.2) is 0 Å². The molecule has 98 valence electrons. The summed E-state index contributed by atoms with van der Waals surface area (Å²) in [6.45, 7) is 1.55. The van der Waals surface area contributed by atoms with Crippen molar-refractivity contribution in [3.05, 3.63) is 0 Å². The maximum absolute atomic E-state index is 11.8. The van der Waals surface area contributed by atoms with E-state index in [1.54, 1.807) is 0 Å². The smallest absolute Gasteiger partial charge is 0.357 e. The molecule has 0 aliphatic heterocycles. The summed E-state index contributed by atoms with van der Waals surface area (Å²) in [6, 6.07) is -0.585. The highest BCUT2D eigenvalue weighted by Gasteiger charge is 2.17. The van der Waals surface area contributed by atoms with Crippen LogP contribution in [0.15, 0.2) is 0 Å². The second-order valence-electron chi connectivity index (χ2n) is 3.56. The molecular weight excluding hydrogens is 229 g/mol. The van der Waals surface area contributed by atoms with E-state index in [1.165, 1.54) is 14.0 Å². The van der Waals surface area contributed by atoms with E-state index in [2.05, 4.69) is 10.6 Å². The molecule has 1 atom stereocenters. The van der Waals surface area contributed by atoms with Crippen molar-refractivity contribution in [3.63, 3.8) is 0 Å². The summed E-state index contributed by atoms with van der Waals surface area (Å²) < 4.78 is 11.8. The maximum Gasteiger partial charge on any atom is 0.397 e. The summed E-state index contributed by atoms with van der Waals surface area (Å²) in [4.78, 5) is 32.2. The van der Waals surface area contributed by atoms with Crippen LogP contribution < -0.4 is 16.0 Å². The predicted octanol–water partition coefficient (Wildman–Crippen LogP) is 0.0865. The quantitative estimate of drug-likeness (QED) is 0.338. The van der Waals surface area contributed by atoms with Crippen molar-refractivity contribution in [1.29, 1.82) is 0 Å². The average molecular weight is 247 g/mol. The van der Waals surface area contributed by atoms with Crippen LogP contribution in [-0.4, -0.2) is 37.6 Å². The van der Waals surface area contributed by atoms with Crippen molar-refractivity contribution in [2.24, 2.45) is 0 Å². The van der Waals surface area contributed by atoms with E-state index >= 15 is 0 Å². The maximum atomic E-state index is 11.8. The molecule has 0 spiro atoms. The lowest BCUT2D eigenvalue weighted by molar-refractivity contribution is -0.127. The minimum atomic E-state index is -1.56. The molecule has 1 unspecified atom stereocenters. The zero-order valence-corrected chi connectivity index (χ0v) is 10.0. The predicted molar refractivity (Wildman–Crippen MR) is 60.0 cm³/mol. The van der Waals surface area contributed by atoms with E-state index in [1.807, 2.05) is 5.32 Å². The number of unbranched alkanes of at least 4 members (excludes halogenated alkanes) is 1. The first-order valence-electron chi connectivity index (χ1n) is 5.39. The van der Waals surface area contributed by atoms with Gasteiger partial charge in [0.05, 0.1) is 0 Å². The van der Waals surface area contributed by atoms with Crippen molar-refractivity contribution in [2.75, 3.05) is 13.6 Å². The second kappa shape index (κ2) is 8.49. The molecule has 7 heteroatoms. The molecule has 3 amide bonds. The Morgan fingerprint density at radius 1 is 1.24 bits per heavy atom. The number of likely N-dealkylation sites (N-methyl/N-ethyl adjacent to an activating group) is 1. The van der Waals surface area contributed by atoms with Crippen LogP contribution >= 0.6 is 0 Å². The first-order valence-corrected chi connectivity index (χ1v) is 5.39. The Hall–Kier alpha value is -1.66. The molecule has 0 bridgehead atoms. The lowest BCUT2D eigenvalue weighted by atomic mass is 10.1. The number of carbonyl (C=O) groups excluding carboxylic acids is 3. The number of amides is 3. The highest BCUT2D eigenvalue weighted by Crippen LogP contribution is 2.01. The van der Waals surface area contributed by atoms with Crippen LogP contribution in [0.4, 0.5) is 9.18 Å². The van der Waals surface area contributed by atoms with Gasteiger partial charge in [0.25, 0.3) is 0 Å². The van der Waals surface area contributed by atoms with Gasteiger partial charge in [-0.25, -0.2) is 4.79 Å². The Labute approximate surface area is 99.3 Å².